The van der Waals surface area contributed by atoms with Gasteiger partial charge in [-0.25, -0.2) is 4.79 Å². The number of carbonyl (C=O) groups excluding carboxylic acids is 1. The third-order valence-electron chi connectivity index (χ3n) is 3.94. The summed E-state index contributed by atoms with van der Waals surface area (Å²) in [6, 6.07) is 1.10. The van der Waals surface area contributed by atoms with E-state index >= 15 is 0 Å². The van der Waals surface area contributed by atoms with Crippen LogP contribution in [0, 0.1) is 0 Å². The van der Waals surface area contributed by atoms with Crippen molar-refractivity contribution in [1.82, 2.24) is 15.1 Å². The average Bonchev–Trinajstić information content (AvgIpc) is 2.58. The highest BCUT2D eigenvalue weighted by Crippen LogP contribution is 2.19. The molecule has 1 saturated heterocycles. The summed E-state index contributed by atoms with van der Waals surface area (Å²) in [5.41, 5.74) is 0. The van der Waals surface area contributed by atoms with Crippen molar-refractivity contribution in [2.75, 3.05) is 27.2 Å². The first-order valence-electron chi connectivity index (χ1n) is 6.38. The van der Waals surface area contributed by atoms with Gasteiger partial charge in [0.05, 0.1) is 0 Å². The first kappa shape index (κ1) is 11.7. The molecule has 2 rings (SSSR count). The first-order chi connectivity index (χ1) is 7.66. The van der Waals surface area contributed by atoms with E-state index in [-0.39, 0.29) is 6.03 Å². The van der Waals surface area contributed by atoms with E-state index in [4.69, 9.17) is 0 Å². The minimum Gasteiger partial charge on any atom is -0.335 e. The predicted molar refractivity (Wildman–Crippen MR) is 64.5 cm³/mol. The maximum absolute atomic E-state index is 11.8. The fourth-order valence-corrected chi connectivity index (χ4v) is 2.45. The van der Waals surface area contributed by atoms with Crippen molar-refractivity contribution in [2.24, 2.45) is 0 Å². The topological polar surface area (TPSA) is 35.6 Å². The Morgan fingerprint density at radius 3 is 2.62 bits per heavy atom. The monoisotopic (exact) mass is 225 g/mol. The third-order valence-corrected chi connectivity index (χ3v) is 3.94. The molecular formula is C12H23N3O. The van der Waals surface area contributed by atoms with Crippen molar-refractivity contribution in [3.63, 3.8) is 0 Å². The summed E-state index contributed by atoms with van der Waals surface area (Å²) in [5, 5.41) is 3.07. The second-order valence-electron chi connectivity index (χ2n) is 5.23. The molecule has 1 atom stereocenters. The Kier molecular flexibility index (Phi) is 3.69. The molecule has 0 aromatic heterocycles. The molecule has 0 aromatic rings. The molecule has 2 amide bonds. The van der Waals surface area contributed by atoms with E-state index in [9.17, 15) is 4.79 Å². The smallest absolute Gasteiger partial charge is 0.317 e. The molecule has 16 heavy (non-hydrogen) atoms. The molecule has 1 saturated carbocycles. The van der Waals surface area contributed by atoms with Gasteiger partial charge >= 0.3 is 6.03 Å². The van der Waals surface area contributed by atoms with Crippen molar-refractivity contribution in [2.45, 2.75) is 44.2 Å². The SMILES string of the molecule is CN(CC1CCCN1C)C(=O)NC1CCC1. The zero-order valence-corrected chi connectivity index (χ0v) is 10.4. The lowest BCUT2D eigenvalue weighted by atomic mass is 9.93. The van der Waals surface area contributed by atoms with E-state index in [0.717, 1.165) is 19.4 Å². The van der Waals surface area contributed by atoms with Gasteiger partial charge in [0, 0.05) is 25.7 Å². The van der Waals surface area contributed by atoms with Crippen LogP contribution in [0.4, 0.5) is 4.79 Å². The van der Waals surface area contributed by atoms with Crippen molar-refractivity contribution in [3.8, 4) is 0 Å². The standard InChI is InChI=1S/C12H23N3O/c1-14-8-4-7-11(14)9-15(2)12(16)13-10-5-3-6-10/h10-11H,3-9H2,1-2H3,(H,13,16). The number of urea groups is 1. The van der Waals surface area contributed by atoms with E-state index in [1.54, 1.807) is 0 Å². The van der Waals surface area contributed by atoms with Crippen LogP contribution in [0.1, 0.15) is 32.1 Å². The number of amides is 2. The van der Waals surface area contributed by atoms with E-state index < -0.39 is 0 Å². The summed E-state index contributed by atoms with van der Waals surface area (Å²) in [7, 11) is 4.05. The largest absolute Gasteiger partial charge is 0.335 e. The second kappa shape index (κ2) is 5.04. The van der Waals surface area contributed by atoms with E-state index in [0.29, 0.717) is 12.1 Å². The minimum atomic E-state index is 0.102. The van der Waals surface area contributed by atoms with Gasteiger partial charge in [0.2, 0.25) is 0 Å². The summed E-state index contributed by atoms with van der Waals surface area (Å²) in [6.45, 7) is 2.03. The third kappa shape index (κ3) is 2.67. The summed E-state index contributed by atoms with van der Waals surface area (Å²) < 4.78 is 0. The highest BCUT2D eigenvalue weighted by Gasteiger charge is 2.25. The first-order valence-corrected chi connectivity index (χ1v) is 6.38. The molecule has 2 aliphatic rings. The molecule has 92 valence electrons. The molecule has 2 fully saturated rings. The van der Waals surface area contributed by atoms with Gasteiger partial charge in [-0.15, -0.1) is 0 Å². The number of nitrogens with zero attached hydrogens (tertiary/aromatic N) is 2. The van der Waals surface area contributed by atoms with Gasteiger partial charge in [0.25, 0.3) is 0 Å². The predicted octanol–water partition coefficient (Wildman–Crippen LogP) is 1.27. The number of likely N-dealkylation sites (N-methyl/N-ethyl adjacent to an activating group) is 2. The van der Waals surface area contributed by atoms with Crippen LogP contribution in [-0.4, -0.2) is 55.1 Å². The number of rotatable bonds is 3. The highest BCUT2D eigenvalue weighted by atomic mass is 16.2. The quantitative estimate of drug-likeness (QED) is 0.785. The van der Waals surface area contributed by atoms with Gasteiger partial charge in [-0.05, 0) is 45.7 Å². The van der Waals surface area contributed by atoms with Crippen LogP contribution in [-0.2, 0) is 0 Å². The maximum Gasteiger partial charge on any atom is 0.317 e. The molecule has 0 radical (unpaired) electrons. The van der Waals surface area contributed by atoms with Crippen LogP contribution in [0.3, 0.4) is 0 Å². The lowest BCUT2D eigenvalue weighted by molar-refractivity contribution is 0.180. The lowest BCUT2D eigenvalue weighted by Gasteiger charge is -2.31. The fourth-order valence-electron chi connectivity index (χ4n) is 2.45. The van der Waals surface area contributed by atoms with E-state index in [1.165, 1.54) is 25.8 Å². The Labute approximate surface area is 98.0 Å². The van der Waals surface area contributed by atoms with Gasteiger partial charge in [0.15, 0.2) is 0 Å². The minimum absolute atomic E-state index is 0.102. The van der Waals surface area contributed by atoms with Crippen LogP contribution >= 0.6 is 0 Å². The number of nitrogens with one attached hydrogen (secondary N) is 1. The number of carbonyl (C=O) groups is 1. The molecule has 1 aliphatic heterocycles. The molecule has 1 heterocycles. The number of hydrogen-bond donors (Lipinski definition) is 1. The molecule has 0 aromatic carbocycles. The number of hydrogen-bond acceptors (Lipinski definition) is 2. The molecule has 0 spiro atoms. The van der Waals surface area contributed by atoms with Crippen molar-refractivity contribution in [3.05, 3.63) is 0 Å². The van der Waals surface area contributed by atoms with Crippen molar-refractivity contribution in [1.29, 1.82) is 0 Å². The lowest BCUT2D eigenvalue weighted by Crippen LogP contribution is -2.48. The van der Waals surface area contributed by atoms with Crippen LogP contribution in [0.5, 0.6) is 0 Å². The normalized spacial score (nSPS) is 26.5. The Bertz CT molecular complexity index is 253. The fraction of sp³-hybridized carbons (Fsp3) is 0.917. The van der Waals surface area contributed by atoms with E-state index in [1.807, 2.05) is 11.9 Å². The Hall–Kier alpha value is -0.770. The molecule has 1 unspecified atom stereocenters. The molecule has 0 bridgehead atoms. The summed E-state index contributed by atoms with van der Waals surface area (Å²) in [4.78, 5) is 16.0. The maximum atomic E-state index is 11.8. The Morgan fingerprint density at radius 1 is 1.38 bits per heavy atom. The Balaban J connectivity index is 1.73. The zero-order valence-electron chi connectivity index (χ0n) is 10.4. The van der Waals surface area contributed by atoms with Gasteiger partial charge in [-0.1, -0.05) is 0 Å². The zero-order chi connectivity index (χ0) is 11.5. The molecule has 1 N–H and O–H groups in total. The van der Waals surface area contributed by atoms with Crippen molar-refractivity contribution < 1.29 is 4.79 Å². The molecule has 4 heteroatoms. The average molecular weight is 225 g/mol. The van der Waals surface area contributed by atoms with Gasteiger partial charge in [0.1, 0.15) is 0 Å². The summed E-state index contributed by atoms with van der Waals surface area (Å²) in [5.74, 6) is 0. The van der Waals surface area contributed by atoms with Crippen LogP contribution < -0.4 is 5.32 Å². The second-order valence-corrected chi connectivity index (χ2v) is 5.23. The van der Waals surface area contributed by atoms with Gasteiger partial charge in [-0.2, -0.15) is 0 Å². The molecule has 1 aliphatic carbocycles. The van der Waals surface area contributed by atoms with Crippen LogP contribution in [0.15, 0.2) is 0 Å². The van der Waals surface area contributed by atoms with Gasteiger partial charge < -0.3 is 15.1 Å². The van der Waals surface area contributed by atoms with Crippen molar-refractivity contribution >= 4 is 6.03 Å². The Morgan fingerprint density at radius 2 is 2.12 bits per heavy atom. The molecular weight excluding hydrogens is 202 g/mol. The summed E-state index contributed by atoms with van der Waals surface area (Å²) >= 11 is 0. The summed E-state index contributed by atoms with van der Waals surface area (Å²) in [6.07, 6.45) is 6.06. The van der Waals surface area contributed by atoms with E-state index in [2.05, 4.69) is 17.3 Å². The van der Waals surface area contributed by atoms with Crippen LogP contribution in [0.25, 0.3) is 0 Å². The number of likely N-dealkylation sites (tertiary alicyclic amines) is 1. The van der Waals surface area contributed by atoms with Crippen LogP contribution in [0.2, 0.25) is 0 Å². The van der Waals surface area contributed by atoms with Gasteiger partial charge in [-0.3, -0.25) is 0 Å². The highest BCUT2D eigenvalue weighted by molar-refractivity contribution is 5.74. The molecule has 4 nitrogen and oxygen atoms in total.